The van der Waals surface area contributed by atoms with E-state index >= 15 is 0 Å². The molecule has 0 heterocycles. The molecule has 0 atom stereocenters. The molecule has 1 aromatic rings. The van der Waals surface area contributed by atoms with Gasteiger partial charge in [0.2, 0.25) is 0 Å². The lowest BCUT2D eigenvalue weighted by Gasteiger charge is -2.13. The molecule has 0 aliphatic carbocycles. The fourth-order valence-electron chi connectivity index (χ4n) is 1.55. The third-order valence-electron chi connectivity index (χ3n) is 2.64. The van der Waals surface area contributed by atoms with Gasteiger partial charge < -0.3 is 24.3 Å². The topological polar surface area (TPSA) is 66.0 Å². The maximum Gasteiger partial charge on any atom is 0.343 e. The number of carbonyl (C=O) groups excluding carboxylic acids is 1. The van der Waals surface area contributed by atoms with Crippen molar-refractivity contribution in [3.8, 4) is 11.5 Å². The maximum absolute atomic E-state index is 11.1. The van der Waals surface area contributed by atoms with Gasteiger partial charge in [-0.15, -0.1) is 0 Å². The van der Waals surface area contributed by atoms with Gasteiger partial charge in [0.1, 0.15) is 11.5 Å². The minimum Gasteiger partial charge on any atom is -0.497 e. The predicted molar refractivity (Wildman–Crippen MR) is 74.1 cm³/mol. The fourth-order valence-corrected chi connectivity index (χ4v) is 1.55. The number of esters is 1. The molecule has 1 rings (SSSR count). The van der Waals surface area contributed by atoms with Crippen LogP contribution in [-0.2, 0) is 20.8 Å². The van der Waals surface area contributed by atoms with E-state index in [0.717, 1.165) is 17.9 Å². The number of ether oxygens (including phenoxy) is 4. The Bertz CT molecular complexity index is 422. The molecule has 0 aromatic heterocycles. The molecule has 0 unspecified atom stereocenters. The van der Waals surface area contributed by atoms with Gasteiger partial charge >= 0.3 is 5.97 Å². The zero-order valence-corrected chi connectivity index (χ0v) is 12.1. The normalized spacial score (nSPS) is 10.2. The van der Waals surface area contributed by atoms with E-state index in [9.17, 15) is 4.79 Å². The van der Waals surface area contributed by atoms with Crippen molar-refractivity contribution >= 4 is 5.97 Å². The SMILES string of the molecule is COCCNCc1cc(OC)ccc1OCC(=O)OC. The molecule has 0 aliphatic rings. The molecule has 112 valence electrons. The lowest BCUT2D eigenvalue weighted by atomic mass is 10.2. The Morgan fingerprint density at radius 2 is 2.05 bits per heavy atom. The Morgan fingerprint density at radius 3 is 2.70 bits per heavy atom. The Kier molecular flexibility index (Phi) is 7.46. The number of methoxy groups -OCH3 is 3. The van der Waals surface area contributed by atoms with E-state index in [1.54, 1.807) is 26.4 Å². The van der Waals surface area contributed by atoms with Crippen molar-refractivity contribution in [3.05, 3.63) is 23.8 Å². The summed E-state index contributed by atoms with van der Waals surface area (Å²) >= 11 is 0. The van der Waals surface area contributed by atoms with Crippen molar-refractivity contribution in [3.63, 3.8) is 0 Å². The minimum atomic E-state index is -0.417. The number of hydrogen-bond donors (Lipinski definition) is 1. The van der Waals surface area contributed by atoms with Crippen molar-refractivity contribution < 1.29 is 23.7 Å². The third-order valence-corrected chi connectivity index (χ3v) is 2.64. The van der Waals surface area contributed by atoms with E-state index in [-0.39, 0.29) is 6.61 Å². The zero-order valence-electron chi connectivity index (χ0n) is 12.1. The number of rotatable bonds is 9. The van der Waals surface area contributed by atoms with Gasteiger partial charge in [0.05, 0.1) is 20.8 Å². The van der Waals surface area contributed by atoms with E-state index in [0.29, 0.717) is 18.9 Å². The highest BCUT2D eigenvalue weighted by Crippen LogP contribution is 2.24. The second-order valence-corrected chi connectivity index (χ2v) is 4.01. The van der Waals surface area contributed by atoms with Crippen LogP contribution in [0.5, 0.6) is 11.5 Å². The lowest BCUT2D eigenvalue weighted by Crippen LogP contribution is -2.20. The summed E-state index contributed by atoms with van der Waals surface area (Å²) in [6.45, 7) is 1.83. The molecule has 0 spiro atoms. The quantitative estimate of drug-likeness (QED) is 0.538. The van der Waals surface area contributed by atoms with E-state index in [2.05, 4.69) is 10.1 Å². The van der Waals surface area contributed by atoms with E-state index in [4.69, 9.17) is 14.2 Å². The molecule has 0 bridgehead atoms. The summed E-state index contributed by atoms with van der Waals surface area (Å²) in [5, 5.41) is 3.22. The fraction of sp³-hybridized carbons (Fsp3) is 0.500. The molecule has 1 N–H and O–H groups in total. The van der Waals surface area contributed by atoms with E-state index in [1.807, 2.05) is 6.07 Å². The first-order valence-corrected chi connectivity index (χ1v) is 6.27. The van der Waals surface area contributed by atoms with Crippen LogP contribution in [0.25, 0.3) is 0 Å². The molecule has 0 aliphatic heterocycles. The van der Waals surface area contributed by atoms with Gasteiger partial charge in [-0.1, -0.05) is 0 Å². The third kappa shape index (κ3) is 5.46. The highest BCUT2D eigenvalue weighted by Gasteiger charge is 2.08. The number of nitrogens with one attached hydrogen (secondary N) is 1. The van der Waals surface area contributed by atoms with E-state index in [1.165, 1.54) is 7.11 Å². The standard InChI is InChI=1S/C14H21NO5/c1-17-7-6-15-9-11-8-12(18-2)4-5-13(11)20-10-14(16)19-3/h4-5,8,15H,6-7,9-10H2,1-3H3. The predicted octanol–water partition coefficient (Wildman–Crippen LogP) is 0.983. The van der Waals surface area contributed by atoms with Gasteiger partial charge in [0.25, 0.3) is 0 Å². The molecular formula is C14H21NO5. The Hall–Kier alpha value is -1.79. The van der Waals surface area contributed by atoms with Gasteiger partial charge in [-0.05, 0) is 18.2 Å². The van der Waals surface area contributed by atoms with Crippen molar-refractivity contribution in [2.75, 3.05) is 41.1 Å². The molecule has 6 nitrogen and oxygen atoms in total. The van der Waals surface area contributed by atoms with Crippen molar-refractivity contribution in [1.29, 1.82) is 0 Å². The molecule has 0 fully saturated rings. The Balaban J connectivity index is 2.67. The van der Waals surface area contributed by atoms with Crippen molar-refractivity contribution in [1.82, 2.24) is 5.32 Å². The van der Waals surface area contributed by atoms with Crippen molar-refractivity contribution in [2.24, 2.45) is 0 Å². The van der Waals surface area contributed by atoms with Gasteiger partial charge in [0, 0.05) is 25.8 Å². The summed E-state index contributed by atoms with van der Waals surface area (Å²) in [4.78, 5) is 11.1. The average molecular weight is 283 g/mol. The van der Waals surface area contributed by atoms with Gasteiger partial charge in [0.15, 0.2) is 6.61 Å². The van der Waals surface area contributed by atoms with Crippen molar-refractivity contribution in [2.45, 2.75) is 6.54 Å². The largest absolute Gasteiger partial charge is 0.497 e. The molecule has 0 saturated heterocycles. The number of benzene rings is 1. The van der Waals surface area contributed by atoms with Crippen LogP contribution in [0, 0.1) is 0 Å². The van der Waals surface area contributed by atoms with Crippen LogP contribution in [0.3, 0.4) is 0 Å². The van der Waals surface area contributed by atoms with Crippen LogP contribution in [0.4, 0.5) is 0 Å². The molecule has 1 aromatic carbocycles. The average Bonchev–Trinajstić information content (AvgIpc) is 2.49. The zero-order chi connectivity index (χ0) is 14.8. The minimum absolute atomic E-state index is 0.117. The van der Waals surface area contributed by atoms with Crippen LogP contribution in [0.1, 0.15) is 5.56 Å². The highest BCUT2D eigenvalue weighted by atomic mass is 16.6. The second kappa shape index (κ2) is 9.17. The molecular weight excluding hydrogens is 262 g/mol. The molecule has 0 amide bonds. The highest BCUT2D eigenvalue weighted by molar-refractivity contribution is 5.70. The Labute approximate surface area is 119 Å². The second-order valence-electron chi connectivity index (χ2n) is 4.01. The Morgan fingerprint density at radius 1 is 1.25 bits per heavy atom. The molecule has 0 radical (unpaired) electrons. The summed E-state index contributed by atoms with van der Waals surface area (Å²) in [5.74, 6) is 0.944. The first-order chi connectivity index (χ1) is 9.71. The van der Waals surface area contributed by atoms with Crippen LogP contribution in [0.15, 0.2) is 18.2 Å². The van der Waals surface area contributed by atoms with Crippen LogP contribution in [-0.4, -0.2) is 47.1 Å². The van der Waals surface area contributed by atoms with Gasteiger partial charge in [-0.3, -0.25) is 0 Å². The molecule has 6 heteroatoms. The monoisotopic (exact) mass is 283 g/mol. The summed E-state index contributed by atoms with van der Waals surface area (Å²) in [5.41, 5.74) is 0.907. The van der Waals surface area contributed by atoms with Gasteiger partial charge in [-0.25, -0.2) is 4.79 Å². The summed E-state index contributed by atoms with van der Waals surface area (Å²) < 4.78 is 20.1. The molecule has 20 heavy (non-hydrogen) atoms. The number of carbonyl (C=O) groups is 1. The van der Waals surface area contributed by atoms with E-state index < -0.39 is 5.97 Å². The molecule has 0 saturated carbocycles. The van der Waals surface area contributed by atoms with Crippen LogP contribution >= 0.6 is 0 Å². The maximum atomic E-state index is 11.1. The smallest absolute Gasteiger partial charge is 0.343 e. The number of hydrogen-bond acceptors (Lipinski definition) is 6. The first kappa shape index (κ1) is 16.3. The van der Waals surface area contributed by atoms with Gasteiger partial charge in [-0.2, -0.15) is 0 Å². The lowest BCUT2D eigenvalue weighted by molar-refractivity contribution is -0.142. The van der Waals surface area contributed by atoms with Crippen LogP contribution in [0.2, 0.25) is 0 Å². The summed E-state index contributed by atoms with van der Waals surface area (Å²) in [6.07, 6.45) is 0. The summed E-state index contributed by atoms with van der Waals surface area (Å²) in [6, 6.07) is 5.42. The first-order valence-electron chi connectivity index (χ1n) is 6.27. The van der Waals surface area contributed by atoms with Crippen LogP contribution < -0.4 is 14.8 Å². The summed E-state index contributed by atoms with van der Waals surface area (Å²) in [7, 11) is 4.58.